The van der Waals surface area contributed by atoms with E-state index in [0.29, 0.717) is 0 Å². The summed E-state index contributed by atoms with van der Waals surface area (Å²) in [7, 11) is 0. The fourth-order valence-electron chi connectivity index (χ4n) is 1.44. The van der Waals surface area contributed by atoms with E-state index in [9.17, 15) is 8.78 Å². The SMILES string of the molecule is N#Cc1cc(F)c(Oc2ccc(Br)cc2N)c(F)c1. The van der Waals surface area contributed by atoms with Crippen molar-refractivity contribution in [1.29, 1.82) is 5.26 Å². The van der Waals surface area contributed by atoms with Gasteiger partial charge in [-0.2, -0.15) is 5.26 Å². The number of nitriles is 1. The fourth-order valence-corrected chi connectivity index (χ4v) is 1.82. The third-order valence-electron chi connectivity index (χ3n) is 2.31. The van der Waals surface area contributed by atoms with Crippen LogP contribution in [0.3, 0.4) is 0 Å². The summed E-state index contributed by atoms with van der Waals surface area (Å²) in [4.78, 5) is 0. The van der Waals surface area contributed by atoms with Crippen molar-refractivity contribution in [3.8, 4) is 17.6 Å². The van der Waals surface area contributed by atoms with Crippen LogP contribution in [-0.4, -0.2) is 0 Å². The molecular formula is C13H7BrF2N2O. The second-order valence-corrected chi connectivity index (χ2v) is 4.58. The summed E-state index contributed by atoms with van der Waals surface area (Å²) in [5, 5.41) is 8.59. The molecule has 0 saturated carbocycles. The summed E-state index contributed by atoms with van der Waals surface area (Å²) in [6, 6.07) is 8.11. The number of nitrogen functional groups attached to an aromatic ring is 1. The lowest BCUT2D eigenvalue weighted by Crippen LogP contribution is -1.97. The minimum atomic E-state index is -0.959. The Morgan fingerprint density at radius 1 is 1.16 bits per heavy atom. The summed E-state index contributed by atoms with van der Waals surface area (Å²) >= 11 is 3.21. The number of nitrogens with zero attached hydrogens (tertiary/aromatic N) is 1. The monoisotopic (exact) mass is 324 g/mol. The first kappa shape index (κ1) is 13.3. The van der Waals surface area contributed by atoms with Crippen molar-refractivity contribution in [2.75, 3.05) is 5.73 Å². The van der Waals surface area contributed by atoms with Gasteiger partial charge in [-0.15, -0.1) is 0 Å². The second kappa shape index (κ2) is 5.24. The summed E-state index contributed by atoms with van der Waals surface area (Å²) < 4.78 is 33.1. The van der Waals surface area contributed by atoms with Crippen LogP contribution >= 0.6 is 15.9 Å². The third kappa shape index (κ3) is 2.83. The molecule has 0 unspecified atom stereocenters. The summed E-state index contributed by atoms with van der Waals surface area (Å²) in [5.74, 6) is -2.38. The lowest BCUT2D eigenvalue weighted by Gasteiger charge is -2.10. The van der Waals surface area contributed by atoms with Crippen LogP contribution in [-0.2, 0) is 0 Å². The Bertz CT molecular complexity index is 660. The van der Waals surface area contributed by atoms with E-state index in [4.69, 9.17) is 15.7 Å². The van der Waals surface area contributed by atoms with E-state index in [2.05, 4.69) is 15.9 Å². The van der Waals surface area contributed by atoms with Crippen molar-refractivity contribution in [3.63, 3.8) is 0 Å². The van der Waals surface area contributed by atoms with Crippen molar-refractivity contribution < 1.29 is 13.5 Å². The van der Waals surface area contributed by atoms with Crippen LogP contribution in [0.5, 0.6) is 11.5 Å². The van der Waals surface area contributed by atoms with Crippen LogP contribution < -0.4 is 10.5 Å². The number of hydrogen-bond acceptors (Lipinski definition) is 3. The van der Waals surface area contributed by atoms with Crippen molar-refractivity contribution in [2.45, 2.75) is 0 Å². The van der Waals surface area contributed by atoms with Gasteiger partial charge in [0.05, 0.1) is 17.3 Å². The number of halogens is 3. The van der Waals surface area contributed by atoms with Gasteiger partial charge in [-0.05, 0) is 30.3 Å². The molecule has 0 aliphatic heterocycles. The molecule has 0 aliphatic rings. The van der Waals surface area contributed by atoms with E-state index in [1.807, 2.05) is 0 Å². The van der Waals surface area contributed by atoms with Gasteiger partial charge >= 0.3 is 0 Å². The molecule has 3 nitrogen and oxygen atoms in total. The first-order valence-electron chi connectivity index (χ1n) is 5.13. The van der Waals surface area contributed by atoms with Crippen molar-refractivity contribution in [3.05, 3.63) is 52.0 Å². The van der Waals surface area contributed by atoms with Crippen LogP contribution in [0.2, 0.25) is 0 Å². The Kier molecular flexibility index (Phi) is 3.67. The van der Waals surface area contributed by atoms with Gasteiger partial charge in [0.15, 0.2) is 23.1 Å². The van der Waals surface area contributed by atoms with E-state index in [1.165, 1.54) is 6.07 Å². The van der Waals surface area contributed by atoms with E-state index in [0.717, 1.165) is 16.6 Å². The second-order valence-electron chi connectivity index (χ2n) is 3.67. The average molecular weight is 325 g/mol. The van der Waals surface area contributed by atoms with E-state index >= 15 is 0 Å². The quantitative estimate of drug-likeness (QED) is 0.850. The van der Waals surface area contributed by atoms with Crippen LogP contribution in [0, 0.1) is 23.0 Å². The number of rotatable bonds is 2. The molecule has 0 amide bonds. The normalized spacial score (nSPS) is 10.0. The van der Waals surface area contributed by atoms with Crippen LogP contribution in [0.15, 0.2) is 34.8 Å². The molecule has 2 aromatic rings. The predicted octanol–water partition coefficient (Wildman–Crippen LogP) is 3.97. The number of hydrogen-bond donors (Lipinski definition) is 1. The summed E-state index contributed by atoms with van der Waals surface area (Å²) in [6.07, 6.45) is 0. The molecule has 2 aromatic carbocycles. The van der Waals surface area contributed by atoms with Gasteiger partial charge < -0.3 is 10.5 Å². The highest BCUT2D eigenvalue weighted by Gasteiger charge is 2.15. The van der Waals surface area contributed by atoms with E-state index in [1.54, 1.807) is 18.2 Å². The molecule has 0 heterocycles. The smallest absolute Gasteiger partial charge is 0.198 e. The van der Waals surface area contributed by atoms with Gasteiger partial charge in [0.1, 0.15) is 0 Å². The predicted molar refractivity (Wildman–Crippen MR) is 69.7 cm³/mol. The zero-order valence-electron chi connectivity index (χ0n) is 9.45. The molecule has 0 spiro atoms. The van der Waals surface area contributed by atoms with Crippen molar-refractivity contribution >= 4 is 21.6 Å². The molecule has 0 fully saturated rings. The van der Waals surface area contributed by atoms with E-state index < -0.39 is 17.4 Å². The first-order chi connectivity index (χ1) is 9.01. The van der Waals surface area contributed by atoms with Crippen LogP contribution in [0.1, 0.15) is 5.56 Å². The van der Waals surface area contributed by atoms with Crippen molar-refractivity contribution in [1.82, 2.24) is 0 Å². The molecule has 2 rings (SSSR count). The van der Waals surface area contributed by atoms with Gasteiger partial charge in [-0.25, -0.2) is 8.78 Å². The highest BCUT2D eigenvalue weighted by molar-refractivity contribution is 9.10. The van der Waals surface area contributed by atoms with Gasteiger partial charge in [0.25, 0.3) is 0 Å². The molecule has 0 saturated heterocycles. The van der Waals surface area contributed by atoms with Gasteiger partial charge in [-0.3, -0.25) is 0 Å². The molecule has 0 atom stereocenters. The molecule has 0 bridgehead atoms. The standard InChI is InChI=1S/C13H7BrF2N2O/c14-8-1-2-12(11(18)5-8)19-13-9(15)3-7(6-17)4-10(13)16/h1-5H,18H2. The highest BCUT2D eigenvalue weighted by atomic mass is 79.9. The zero-order chi connectivity index (χ0) is 14.0. The molecular weight excluding hydrogens is 318 g/mol. The van der Waals surface area contributed by atoms with Crippen LogP contribution in [0.4, 0.5) is 14.5 Å². The molecule has 0 aliphatic carbocycles. The fraction of sp³-hybridized carbons (Fsp3) is 0. The molecule has 6 heteroatoms. The molecule has 0 radical (unpaired) electrons. The zero-order valence-corrected chi connectivity index (χ0v) is 11.0. The Morgan fingerprint density at radius 3 is 2.32 bits per heavy atom. The maximum absolute atomic E-state index is 13.6. The van der Waals surface area contributed by atoms with Gasteiger partial charge in [0, 0.05) is 4.47 Å². The average Bonchev–Trinajstić information content (AvgIpc) is 2.35. The first-order valence-corrected chi connectivity index (χ1v) is 5.92. The van der Waals surface area contributed by atoms with Gasteiger partial charge in [0.2, 0.25) is 0 Å². The largest absolute Gasteiger partial charge is 0.449 e. The van der Waals surface area contributed by atoms with Gasteiger partial charge in [-0.1, -0.05) is 15.9 Å². The Balaban J connectivity index is 2.41. The topological polar surface area (TPSA) is 59.0 Å². The number of nitrogens with two attached hydrogens (primary N) is 1. The maximum atomic E-state index is 13.6. The third-order valence-corrected chi connectivity index (χ3v) is 2.80. The summed E-state index contributed by atoms with van der Waals surface area (Å²) in [5.41, 5.74) is 5.79. The van der Waals surface area contributed by atoms with Crippen molar-refractivity contribution in [2.24, 2.45) is 0 Å². The maximum Gasteiger partial charge on any atom is 0.198 e. The Morgan fingerprint density at radius 2 is 1.79 bits per heavy atom. The Labute approximate surface area is 116 Å². The highest BCUT2D eigenvalue weighted by Crippen LogP contribution is 2.33. The number of anilines is 1. The molecule has 19 heavy (non-hydrogen) atoms. The Hall–Kier alpha value is -2.13. The summed E-state index contributed by atoms with van der Waals surface area (Å²) in [6.45, 7) is 0. The lowest BCUT2D eigenvalue weighted by molar-refractivity contribution is 0.408. The lowest BCUT2D eigenvalue weighted by atomic mass is 10.2. The van der Waals surface area contributed by atoms with E-state index in [-0.39, 0.29) is 17.0 Å². The minimum Gasteiger partial charge on any atom is -0.449 e. The molecule has 2 N–H and O–H groups in total. The number of benzene rings is 2. The minimum absolute atomic E-state index is 0.119. The van der Waals surface area contributed by atoms with Crippen LogP contribution in [0.25, 0.3) is 0 Å². The number of ether oxygens (including phenoxy) is 1. The molecule has 96 valence electrons. The molecule has 0 aromatic heterocycles.